The third-order valence-corrected chi connectivity index (χ3v) is 4.85. The summed E-state index contributed by atoms with van der Waals surface area (Å²) in [7, 11) is 0. The minimum Gasteiger partial charge on any atom is -0.494 e. The molecule has 3 nitrogen and oxygen atoms in total. The van der Waals surface area contributed by atoms with E-state index in [0.29, 0.717) is 6.61 Å². The van der Waals surface area contributed by atoms with Gasteiger partial charge >= 0.3 is 0 Å². The number of aryl methyl sites for hydroxylation is 4. The highest BCUT2D eigenvalue weighted by Crippen LogP contribution is 2.21. The summed E-state index contributed by atoms with van der Waals surface area (Å²) in [4.78, 5) is 4.50. The zero-order chi connectivity index (χ0) is 17.1. The van der Waals surface area contributed by atoms with Crippen molar-refractivity contribution in [1.29, 1.82) is 0 Å². The first kappa shape index (κ1) is 16.8. The fourth-order valence-corrected chi connectivity index (χ4v) is 2.89. The minimum absolute atomic E-state index is 0.714. The summed E-state index contributed by atoms with van der Waals surface area (Å²) >= 11 is 6.03. The number of unbranched alkanes of at least 4 members (excludes halogenated alkanes) is 1. The first-order chi connectivity index (χ1) is 11.5. The van der Waals surface area contributed by atoms with E-state index in [1.54, 1.807) is 0 Å². The molecule has 24 heavy (non-hydrogen) atoms. The van der Waals surface area contributed by atoms with Crippen LogP contribution in [0, 0.1) is 20.8 Å². The highest BCUT2D eigenvalue weighted by atomic mass is 35.5. The molecule has 0 spiro atoms. The van der Waals surface area contributed by atoms with Crippen molar-refractivity contribution in [3.8, 4) is 5.75 Å². The molecule has 0 saturated carbocycles. The number of nitrogens with zero attached hydrogens (tertiary/aromatic N) is 2. The number of aromatic nitrogens is 2. The molecule has 2 aromatic carbocycles. The van der Waals surface area contributed by atoms with Crippen LogP contribution in [0.1, 0.15) is 29.5 Å². The van der Waals surface area contributed by atoms with Gasteiger partial charge in [0.1, 0.15) is 5.75 Å². The molecule has 0 N–H and O–H groups in total. The van der Waals surface area contributed by atoms with Crippen LogP contribution in [-0.2, 0) is 6.54 Å². The standard InChI is InChI=1S/C20H23ClN2O/c1-14-11-19-20(12-15(14)2)23(13-22-19)8-4-5-9-24-17-6-7-18(21)16(3)10-17/h6-7,10-13H,4-5,8-9H2,1-3H3. The van der Waals surface area contributed by atoms with Crippen molar-refractivity contribution in [1.82, 2.24) is 9.55 Å². The van der Waals surface area contributed by atoms with Gasteiger partial charge in [-0.05, 0) is 80.6 Å². The first-order valence-corrected chi connectivity index (χ1v) is 8.73. The molecule has 0 radical (unpaired) electrons. The molecule has 1 heterocycles. The summed E-state index contributed by atoms with van der Waals surface area (Å²) in [6.45, 7) is 7.94. The molecule has 0 amide bonds. The summed E-state index contributed by atoms with van der Waals surface area (Å²) in [5.41, 5.74) is 5.94. The lowest BCUT2D eigenvalue weighted by atomic mass is 10.1. The summed E-state index contributed by atoms with van der Waals surface area (Å²) in [5.74, 6) is 0.885. The fourth-order valence-electron chi connectivity index (χ4n) is 2.77. The topological polar surface area (TPSA) is 27.1 Å². The lowest BCUT2D eigenvalue weighted by Gasteiger charge is -2.09. The molecule has 4 heteroatoms. The molecule has 0 aliphatic carbocycles. The highest BCUT2D eigenvalue weighted by molar-refractivity contribution is 6.31. The third-order valence-electron chi connectivity index (χ3n) is 4.43. The number of ether oxygens (including phenoxy) is 1. The normalized spacial score (nSPS) is 11.2. The second kappa shape index (κ2) is 7.27. The second-order valence-electron chi connectivity index (χ2n) is 6.33. The summed E-state index contributed by atoms with van der Waals surface area (Å²) < 4.78 is 8.03. The van der Waals surface area contributed by atoms with E-state index in [1.165, 1.54) is 16.6 Å². The molecule has 1 aromatic heterocycles. The van der Waals surface area contributed by atoms with E-state index in [9.17, 15) is 0 Å². The summed E-state index contributed by atoms with van der Waals surface area (Å²) in [6.07, 6.45) is 4.00. The molecule has 0 aliphatic heterocycles. The largest absolute Gasteiger partial charge is 0.494 e. The Morgan fingerprint density at radius 3 is 2.58 bits per heavy atom. The Kier molecular flexibility index (Phi) is 5.10. The van der Waals surface area contributed by atoms with Crippen LogP contribution in [0.4, 0.5) is 0 Å². The van der Waals surface area contributed by atoms with E-state index in [2.05, 4.69) is 35.5 Å². The molecule has 0 fully saturated rings. The maximum absolute atomic E-state index is 6.03. The lowest BCUT2D eigenvalue weighted by Crippen LogP contribution is -2.02. The third kappa shape index (κ3) is 3.73. The van der Waals surface area contributed by atoms with Gasteiger partial charge in [0.2, 0.25) is 0 Å². The SMILES string of the molecule is Cc1cc2ncn(CCCCOc3ccc(Cl)c(C)c3)c2cc1C. The Labute approximate surface area is 148 Å². The van der Waals surface area contributed by atoms with Gasteiger partial charge in [-0.2, -0.15) is 0 Å². The van der Waals surface area contributed by atoms with Crippen LogP contribution < -0.4 is 4.74 Å². The molecule has 0 unspecified atom stereocenters. The van der Waals surface area contributed by atoms with Gasteiger partial charge in [-0.15, -0.1) is 0 Å². The highest BCUT2D eigenvalue weighted by Gasteiger charge is 2.05. The average molecular weight is 343 g/mol. The molecule has 0 bridgehead atoms. The van der Waals surface area contributed by atoms with E-state index in [-0.39, 0.29) is 0 Å². The fraction of sp³-hybridized carbons (Fsp3) is 0.350. The Morgan fingerprint density at radius 2 is 1.79 bits per heavy atom. The van der Waals surface area contributed by atoms with Gasteiger partial charge in [-0.25, -0.2) is 4.98 Å². The van der Waals surface area contributed by atoms with E-state index in [0.717, 1.165) is 41.2 Å². The van der Waals surface area contributed by atoms with Crippen molar-refractivity contribution >= 4 is 22.6 Å². The lowest BCUT2D eigenvalue weighted by molar-refractivity contribution is 0.303. The van der Waals surface area contributed by atoms with Crippen LogP contribution in [0.25, 0.3) is 11.0 Å². The molecule has 0 atom stereocenters. The first-order valence-electron chi connectivity index (χ1n) is 8.35. The predicted molar refractivity (Wildman–Crippen MR) is 100 cm³/mol. The van der Waals surface area contributed by atoms with Crippen molar-refractivity contribution in [2.45, 2.75) is 40.2 Å². The summed E-state index contributed by atoms with van der Waals surface area (Å²) in [6, 6.07) is 10.2. The van der Waals surface area contributed by atoms with Gasteiger partial charge in [0.15, 0.2) is 0 Å². The van der Waals surface area contributed by atoms with Crippen molar-refractivity contribution in [2.75, 3.05) is 6.61 Å². The Bertz CT molecular complexity index is 854. The number of fused-ring (bicyclic) bond motifs is 1. The quantitative estimate of drug-likeness (QED) is 0.555. The van der Waals surface area contributed by atoms with Crippen molar-refractivity contribution in [2.24, 2.45) is 0 Å². The van der Waals surface area contributed by atoms with Crippen molar-refractivity contribution in [3.63, 3.8) is 0 Å². The number of halogens is 1. The number of hydrogen-bond acceptors (Lipinski definition) is 2. The predicted octanol–water partition coefficient (Wildman–Crippen LogP) is 5.47. The number of rotatable bonds is 6. The zero-order valence-electron chi connectivity index (χ0n) is 14.5. The van der Waals surface area contributed by atoms with Gasteiger partial charge in [0, 0.05) is 11.6 Å². The number of hydrogen-bond donors (Lipinski definition) is 0. The van der Waals surface area contributed by atoms with Gasteiger partial charge in [0.25, 0.3) is 0 Å². The van der Waals surface area contributed by atoms with Crippen LogP contribution in [0.15, 0.2) is 36.7 Å². The van der Waals surface area contributed by atoms with Gasteiger partial charge in [-0.3, -0.25) is 0 Å². The molecular formula is C20H23ClN2O. The van der Waals surface area contributed by atoms with E-state index >= 15 is 0 Å². The Morgan fingerprint density at radius 1 is 1.00 bits per heavy atom. The number of benzene rings is 2. The molecule has 3 rings (SSSR count). The van der Waals surface area contributed by atoms with Gasteiger partial charge in [-0.1, -0.05) is 11.6 Å². The van der Waals surface area contributed by atoms with Crippen LogP contribution in [-0.4, -0.2) is 16.2 Å². The Balaban J connectivity index is 1.51. The van der Waals surface area contributed by atoms with E-state index in [4.69, 9.17) is 16.3 Å². The zero-order valence-corrected chi connectivity index (χ0v) is 15.2. The molecule has 126 valence electrons. The van der Waals surface area contributed by atoms with Gasteiger partial charge in [0.05, 0.1) is 24.0 Å². The minimum atomic E-state index is 0.714. The summed E-state index contributed by atoms with van der Waals surface area (Å²) in [5, 5.41) is 0.778. The van der Waals surface area contributed by atoms with E-state index < -0.39 is 0 Å². The molecule has 3 aromatic rings. The maximum atomic E-state index is 6.03. The molecule has 0 aliphatic rings. The second-order valence-corrected chi connectivity index (χ2v) is 6.74. The van der Waals surface area contributed by atoms with Crippen LogP contribution in [0.2, 0.25) is 5.02 Å². The van der Waals surface area contributed by atoms with Crippen LogP contribution >= 0.6 is 11.6 Å². The van der Waals surface area contributed by atoms with Crippen molar-refractivity contribution < 1.29 is 4.74 Å². The number of imidazole rings is 1. The van der Waals surface area contributed by atoms with Crippen molar-refractivity contribution in [3.05, 3.63) is 58.4 Å². The average Bonchev–Trinajstić information content (AvgIpc) is 2.93. The van der Waals surface area contributed by atoms with E-state index in [1.807, 2.05) is 31.5 Å². The van der Waals surface area contributed by atoms with Gasteiger partial charge < -0.3 is 9.30 Å². The molecule has 0 saturated heterocycles. The Hall–Kier alpha value is -2.00. The van der Waals surface area contributed by atoms with Crippen LogP contribution in [0.3, 0.4) is 0 Å². The maximum Gasteiger partial charge on any atom is 0.119 e. The van der Waals surface area contributed by atoms with Crippen LogP contribution in [0.5, 0.6) is 5.75 Å². The molecular weight excluding hydrogens is 320 g/mol. The monoisotopic (exact) mass is 342 g/mol. The smallest absolute Gasteiger partial charge is 0.119 e.